The molecule has 68 valence electrons. The lowest BCUT2D eigenvalue weighted by Crippen LogP contribution is -2.19. The van der Waals surface area contributed by atoms with Crippen LogP contribution >= 0.6 is 11.8 Å². The minimum absolute atomic E-state index is 0.0948. The first-order valence-corrected chi connectivity index (χ1v) is 5.28. The summed E-state index contributed by atoms with van der Waals surface area (Å²) < 4.78 is 0. The minimum Gasteiger partial charge on any atom is -0.325 e. The Kier molecular flexibility index (Phi) is 2.27. The third-order valence-corrected chi connectivity index (χ3v) is 3.42. The van der Waals surface area contributed by atoms with Gasteiger partial charge in [0.05, 0.1) is 5.69 Å². The molecule has 0 unspecified atom stereocenters. The quantitative estimate of drug-likeness (QED) is 0.685. The van der Waals surface area contributed by atoms with Crippen molar-refractivity contribution < 1.29 is 4.79 Å². The van der Waals surface area contributed by atoms with Gasteiger partial charge in [-0.05, 0) is 12.1 Å². The van der Waals surface area contributed by atoms with Crippen molar-refractivity contribution in [3.63, 3.8) is 0 Å². The van der Waals surface area contributed by atoms with Gasteiger partial charge in [-0.2, -0.15) is 0 Å². The Labute approximate surface area is 81.7 Å². The fourth-order valence-corrected chi connectivity index (χ4v) is 2.27. The highest BCUT2D eigenvalue weighted by molar-refractivity contribution is 7.99. The van der Waals surface area contributed by atoms with Gasteiger partial charge in [0.1, 0.15) is 0 Å². The molecule has 1 aromatic carbocycles. The van der Waals surface area contributed by atoms with Gasteiger partial charge in [-0.3, -0.25) is 4.79 Å². The summed E-state index contributed by atoms with van der Waals surface area (Å²) in [5.41, 5.74) is 0.946. The summed E-state index contributed by atoms with van der Waals surface area (Å²) in [5.74, 6) is 1.08. The second-order valence-electron chi connectivity index (χ2n) is 3.20. The fraction of sp³-hybridized carbons (Fsp3) is 0.300. The minimum atomic E-state index is 0.0948. The van der Waals surface area contributed by atoms with Crippen LogP contribution < -0.4 is 5.32 Å². The third-order valence-electron chi connectivity index (χ3n) is 2.08. The zero-order valence-corrected chi connectivity index (χ0v) is 8.23. The van der Waals surface area contributed by atoms with Gasteiger partial charge >= 0.3 is 0 Å². The number of para-hydroxylation sites is 1. The molecule has 2 rings (SSSR count). The van der Waals surface area contributed by atoms with E-state index < -0.39 is 0 Å². The molecule has 3 heteroatoms. The van der Waals surface area contributed by atoms with Crippen LogP contribution in [0, 0.1) is 5.92 Å². The van der Waals surface area contributed by atoms with Crippen LogP contribution in [0.5, 0.6) is 0 Å². The maximum atomic E-state index is 11.5. The lowest BCUT2D eigenvalue weighted by atomic mass is 10.2. The lowest BCUT2D eigenvalue weighted by molar-refractivity contribution is -0.118. The average molecular weight is 193 g/mol. The highest BCUT2D eigenvalue weighted by Gasteiger charge is 2.19. The van der Waals surface area contributed by atoms with Crippen LogP contribution in [-0.2, 0) is 4.79 Å². The fourth-order valence-electron chi connectivity index (χ4n) is 1.24. The number of hydrogen-bond donors (Lipinski definition) is 1. The molecule has 1 aliphatic rings. The molecule has 1 heterocycles. The zero-order chi connectivity index (χ0) is 9.26. The summed E-state index contributed by atoms with van der Waals surface area (Å²) in [6.07, 6.45) is 0. The van der Waals surface area contributed by atoms with Crippen LogP contribution in [0.25, 0.3) is 0 Å². The molecular formula is C10H11NOS. The number of fused-ring (bicyclic) bond motifs is 1. The number of carbonyl (C=O) groups excluding carboxylic acids is 1. The summed E-state index contributed by atoms with van der Waals surface area (Å²) in [6, 6.07) is 7.92. The molecule has 0 aliphatic carbocycles. The summed E-state index contributed by atoms with van der Waals surface area (Å²) in [7, 11) is 0. The summed E-state index contributed by atoms with van der Waals surface area (Å²) in [6.45, 7) is 1.95. The van der Waals surface area contributed by atoms with E-state index in [-0.39, 0.29) is 11.8 Å². The second-order valence-corrected chi connectivity index (χ2v) is 4.26. The molecule has 0 fully saturated rings. The number of anilines is 1. The van der Waals surface area contributed by atoms with Crippen LogP contribution in [-0.4, -0.2) is 11.7 Å². The van der Waals surface area contributed by atoms with Crippen LogP contribution in [0.15, 0.2) is 29.2 Å². The first kappa shape index (κ1) is 8.63. The monoisotopic (exact) mass is 193 g/mol. The molecule has 0 saturated carbocycles. The van der Waals surface area contributed by atoms with Crippen LogP contribution in [0.1, 0.15) is 6.92 Å². The molecule has 0 aromatic heterocycles. The van der Waals surface area contributed by atoms with E-state index >= 15 is 0 Å². The van der Waals surface area contributed by atoms with E-state index in [0.29, 0.717) is 0 Å². The van der Waals surface area contributed by atoms with E-state index in [4.69, 9.17) is 0 Å². The Balaban J connectivity index is 2.35. The molecule has 1 aliphatic heterocycles. The maximum Gasteiger partial charge on any atom is 0.228 e. The van der Waals surface area contributed by atoms with E-state index in [9.17, 15) is 4.79 Å². The number of carbonyl (C=O) groups is 1. The first-order valence-electron chi connectivity index (χ1n) is 4.30. The van der Waals surface area contributed by atoms with Gasteiger partial charge in [0, 0.05) is 16.6 Å². The molecule has 13 heavy (non-hydrogen) atoms. The van der Waals surface area contributed by atoms with Gasteiger partial charge in [0.15, 0.2) is 0 Å². The highest BCUT2D eigenvalue weighted by Crippen LogP contribution is 2.31. The molecule has 1 atom stereocenters. The zero-order valence-electron chi connectivity index (χ0n) is 7.41. The van der Waals surface area contributed by atoms with Crippen molar-refractivity contribution in [2.45, 2.75) is 11.8 Å². The maximum absolute atomic E-state index is 11.5. The standard InChI is InChI=1S/C10H11NOS/c1-7-6-13-9-5-3-2-4-8(9)11-10(7)12/h2-5,7H,6H2,1H3,(H,11,12)/t7-/m0/s1. The molecule has 1 N–H and O–H groups in total. The number of thioether (sulfide) groups is 1. The summed E-state index contributed by atoms with van der Waals surface area (Å²) >= 11 is 1.74. The molecule has 0 bridgehead atoms. The second kappa shape index (κ2) is 3.42. The normalized spacial score (nSPS) is 21.6. The largest absolute Gasteiger partial charge is 0.325 e. The topological polar surface area (TPSA) is 29.1 Å². The average Bonchev–Trinajstić information content (AvgIpc) is 2.28. The molecule has 1 amide bonds. The van der Waals surface area contributed by atoms with Gasteiger partial charge in [-0.15, -0.1) is 11.8 Å². The Bertz CT molecular complexity index is 337. The number of nitrogens with one attached hydrogen (secondary N) is 1. The summed E-state index contributed by atoms with van der Waals surface area (Å²) in [4.78, 5) is 12.6. The van der Waals surface area contributed by atoms with E-state index in [1.807, 2.05) is 31.2 Å². The number of rotatable bonds is 0. The Morgan fingerprint density at radius 3 is 3.08 bits per heavy atom. The van der Waals surface area contributed by atoms with Crippen molar-refractivity contribution in [3.8, 4) is 0 Å². The van der Waals surface area contributed by atoms with E-state index in [1.54, 1.807) is 11.8 Å². The number of hydrogen-bond acceptors (Lipinski definition) is 2. The van der Waals surface area contributed by atoms with Gasteiger partial charge in [0.25, 0.3) is 0 Å². The van der Waals surface area contributed by atoms with Crippen molar-refractivity contribution in [3.05, 3.63) is 24.3 Å². The van der Waals surface area contributed by atoms with Crippen molar-refractivity contribution in [1.82, 2.24) is 0 Å². The van der Waals surface area contributed by atoms with Gasteiger partial charge < -0.3 is 5.32 Å². The summed E-state index contributed by atoms with van der Waals surface area (Å²) in [5, 5.41) is 2.91. The number of amides is 1. The molecular weight excluding hydrogens is 182 g/mol. The Hall–Kier alpha value is -0.960. The first-order chi connectivity index (χ1) is 6.27. The Morgan fingerprint density at radius 1 is 1.46 bits per heavy atom. The number of benzene rings is 1. The molecule has 0 radical (unpaired) electrons. The van der Waals surface area contributed by atoms with Crippen molar-refractivity contribution in [2.75, 3.05) is 11.1 Å². The molecule has 0 saturated heterocycles. The van der Waals surface area contributed by atoms with Gasteiger partial charge in [-0.1, -0.05) is 19.1 Å². The van der Waals surface area contributed by atoms with Gasteiger partial charge in [-0.25, -0.2) is 0 Å². The van der Waals surface area contributed by atoms with E-state index in [2.05, 4.69) is 5.32 Å². The third kappa shape index (κ3) is 1.70. The molecule has 0 spiro atoms. The predicted octanol–water partition coefficient (Wildman–Crippen LogP) is 2.37. The lowest BCUT2D eigenvalue weighted by Gasteiger charge is -2.05. The van der Waals surface area contributed by atoms with Crippen LogP contribution in [0.3, 0.4) is 0 Å². The van der Waals surface area contributed by atoms with Crippen LogP contribution in [0.4, 0.5) is 5.69 Å². The van der Waals surface area contributed by atoms with Crippen molar-refractivity contribution in [2.24, 2.45) is 5.92 Å². The SMILES string of the molecule is C[C@H]1CSc2ccccc2NC1=O. The molecule has 1 aromatic rings. The molecule has 2 nitrogen and oxygen atoms in total. The smallest absolute Gasteiger partial charge is 0.228 e. The van der Waals surface area contributed by atoms with Crippen molar-refractivity contribution >= 4 is 23.4 Å². The van der Waals surface area contributed by atoms with Crippen LogP contribution in [0.2, 0.25) is 0 Å². The highest BCUT2D eigenvalue weighted by atomic mass is 32.2. The van der Waals surface area contributed by atoms with Gasteiger partial charge in [0.2, 0.25) is 5.91 Å². The van der Waals surface area contributed by atoms with Crippen molar-refractivity contribution in [1.29, 1.82) is 0 Å². The van der Waals surface area contributed by atoms with E-state index in [0.717, 1.165) is 11.4 Å². The Morgan fingerprint density at radius 2 is 2.23 bits per heavy atom. The van der Waals surface area contributed by atoms with E-state index in [1.165, 1.54) is 4.90 Å². The predicted molar refractivity (Wildman–Crippen MR) is 55.0 cm³/mol.